The van der Waals surface area contributed by atoms with Crippen LogP contribution in [0.1, 0.15) is 18.7 Å². The number of fused-ring (bicyclic) bond motifs is 1. The molecule has 1 aliphatic carbocycles. The minimum Gasteiger partial charge on any atom is -0.399 e. The Kier molecular flexibility index (Phi) is 3.89. The van der Waals surface area contributed by atoms with E-state index < -0.39 is 0 Å². The van der Waals surface area contributed by atoms with E-state index in [-0.39, 0.29) is 0 Å². The number of H-pyrrole nitrogens is 1. The van der Waals surface area contributed by atoms with Gasteiger partial charge in [-0.05, 0) is 31.0 Å². The number of methoxy groups -OCH3 is 1. The highest BCUT2D eigenvalue weighted by Gasteiger charge is 2.28. The summed E-state index contributed by atoms with van der Waals surface area (Å²) in [6.07, 6.45) is 3.58. The first-order chi connectivity index (χ1) is 9.76. The van der Waals surface area contributed by atoms with Gasteiger partial charge in [0, 0.05) is 38.3 Å². The number of nitrogens with zero attached hydrogens (tertiary/aromatic N) is 2. The topological polar surface area (TPSA) is 67.2 Å². The van der Waals surface area contributed by atoms with Gasteiger partial charge < -0.3 is 15.5 Å². The van der Waals surface area contributed by atoms with Crippen LogP contribution < -0.4 is 5.73 Å². The Balaban J connectivity index is 1.63. The maximum absolute atomic E-state index is 5.79. The number of imidazole rings is 1. The maximum atomic E-state index is 5.79. The lowest BCUT2D eigenvalue weighted by Gasteiger charge is -2.20. The Bertz CT molecular complexity index is 576. The van der Waals surface area contributed by atoms with E-state index in [0.29, 0.717) is 0 Å². The number of rotatable bonds is 7. The lowest BCUT2D eigenvalue weighted by Crippen LogP contribution is -2.31. The molecule has 5 heteroatoms. The molecule has 20 heavy (non-hydrogen) atoms. The fourth-order valence-electron chi connectivity index (χ4n) is 2.57. The van der Waals surface area contributed by atoms with Crippen LogP contribution in [0.3, 0.4) is 0 Å². The van der Waals surface area contributed by atoms with E-state index in [4.69, 9.17) is 10.5 Å². The van der Waals surface area contributed by atoms with E-state index in [1.807, 2.05) is 18.2 Å². The summed E-state index contributed by atoms with van der Waals surface area (Å²) in [5.74, 6) is 1.04. The first-order valence-electron chi connectivity index (χ1n) is 7.23. The predicted octanol–water partition coefficient (Wildman–Crippen LogP) is 1.80. The molecule has 1 aliphatic rings. The molecular formula is C15H22N4O. The number of aromatic nitrogens is 2. The van der Waals surface area contributed by atoms with Gasteiger partial charge >= 0.3 is 0 Å². The van der Waals surface area contributed by atoms with Crippen LogP contribution in [0.5, 0.6) is 0 Å². The SMILES string of the molecule is COCCN(CCc1nc2ccc(N)cc2[nH]1)C1CC1. The van der Waals surface area contributed by atoms with Gasteiger partial charge in [0.2, 0.25) is 0 Å². The van der Waals surface area contributed by atoms with Crippen LogP contribution in [-0.4, -0.2) is 47.7 Å². The Hall–Kier alpha value is -1.59. The van der Waals surface area contributed by atoms with E-state index in [1.54, 1.807) is 7.11 Å². The molecule has 3 rings (SSSR count). The van der Waals surface area contributed by atoms with Crippen LogP contribution in [0.15, 0.2) is 18.2 Å². The van der Waals surface area contributed by atoms with Gasteiger partial charge in [0.1, 0.15) is 5.82 Å². The number of anilines is 1. The zero-order valence-electron chi connectivity index (χ0n) is 11.9. The van der Waals surface area contributed by atoms with Crippen LogP contribution in [0.2, 0.25) is 0 Å². The van der Waals surface area contributed by atoms with Crippen LogP contribution >= 0.6 is 0 Å². The number of hydrogen-bond donors (Lipinski definition) is 2. The summed E-state index contributed by atoms with van der Waals surface area (Å²) in [6, 6.07) is 6.55. The van der Waals surface area contributed by atoms with Crippen molar-refractivity contribution in [1.29, 1.82) is 0 Å². The second-order valence-electron chi connectivity index (χ2n) is 5.47. The van der Waals surface area contributed by atoms with Crippen LogP contribution in [0.25, 0.3) is 11.0 Å². The van der Waals surface area contributed by atoms with Crippen molar-refractivity contribution in [3.8, 4) is 0 Å². The zero-order valence-corrected chi connectivity index (χ0v) is 11.9. The average molecular weight is 274 g/mol. The number of nitrogen functional groups attached to an aromatic ring is 1. The predicted molar refractivity (Wildman–Crippen MR) is 80.7 cm³/mol. The van der Waals surface area contributed by atoms with Crippen molar-refractivity contribution in [3.63, 3.8) is 0 Å². The molecule has 0 radical (unpaired) electrons. The normalized spacial score (nSPS) is 15.3. The van der Waals surface area contributed by atoms with Crippen molar-refractivity contribution in [2.24, 2.45) is 0 Å². The first-order valence-corrected chi connectivity index (χ1v) is 7.23. The van der Waals surface area contributed by atoms with Gasteiger partial charge in [-0.3, -0.25) is 4.90 Å². The molecule has 1 aromatic carbocycles. The van der Waals surface area contributed by atoms with Crippen molar-refractivity contribution < 1.29 is 4.74 Å². The third-order valence-electron chi connectivity index (χ3n) is 3.84. The number of ether oxygens (including phenoxy) is 1. The second-order valence-corrected chi connectivity index (χ2v) is 5.47. The van der Waals surface area contributed by atoms with Gasteiger partial charge in [-0.2, -0.15) is 0 Å². The molecule has 0 aliphatic heterocycles. The number of nitrogens with two attached hydrogens (primary N) is 1. The van der Waals surface area contributed by atoms with Gasteiger partial charge in [0.25, 0.3) is 0 Å². The standard InChI is InChI=1S/C15H22N4O/c1-20-9-8-19(12-3-4-12)7-6-15-17-13-5-2-11(16)10-14(13)18-15/h2,5,10,12H,3-4,6-9,16H2,1H3,(H,17,18). The Morgan fingerprint density at radius 2 is 2.25 bits per heavy atom. The largest absolute Gasteiger partial charge is 0.399 e. The molecule has 3 N–H and O–H groups in total. The summed E-state index contributed by atoms with van der Waals surface area (Å²) in [6.45, 7) is 2.84. The maximum Gasteiger partial charge on any atom is 0.108 e. The summed E-state index contributed by atoms with van der Waals surface area (Å²) in [4.78, 5) is 10.5. The average Bonchev–Trinajstić information content (AvgIpc) is 3.19. The van der Waals surface area contributed by atoms with Gasteiger partial charge in [-0.25, -0.2) is 4.98 Å². The first kappa shape index (κ1) is 13.4. The van der Waals surface area contributed by atoms with Crippen LogP contribution in [0, 0.1) is 0 Å². The van der Waals surface area contributed by atoms with E-state index in [1.165, 1.54) is 12.8 Å². The lowest BCUT2D eigenvalue weighted by atomic mass is 10.3. The fourth-order valence-corrected chi connectivity index (χ4v) is 2.57. The van der Waals surface area contributed by atoms with Crippen molar-refractivity contribution in [3.05, 3.63) is 24.0 Å². The highest BCUT2D eigenvalue weighted by Crippen LogP contribution is 2.26. The smallest absolute Gasteiger partial charge is 0.108 e. The zero-order chi connectivity index (χ0) is 13.9. The Labute approximate surface area is 119 Å². The highest BCUT2D eigenvalue weighted by atomic mass is 16.5. The third kappa shape index (κ3) is 3.11. The molecule has 0 atom stereocenters. The van der Waals surface area contributed by atoms with Crippen molar-refractivity contribution in [2.45, 2.75) is 25.3 Å². The number of nitrogens with one attached hydrogen (secondary N) is 1. The summed E-state index contributed by atoms with van der Waals surface area (Å²) in [7, 11) is 1.76. The third-order valence-corrected chi connectivity index (χ3v) is 3.84. The Morgan fingerprint density at radius 1 is 1.40 bits per heavy atom. The Morgan fingerprint density at radius 3 is 3.00 bits per heavy atom. The van der Waals surface area contributed by atoms with Crippen molar-refractivity contribution >= 4 is 16.7 Å². The molecule has 0 bridgehead atoms. The quantitative estimate of drug-likeness (QED) is 0.756. The van der Waals surface area contributed by atoms with Gasteiger partial charge in [0.15, 0.2) is 0 Å². The fraction of sp³-hybridized carbons (Fsp3) is 0.533. The van der Waals surface area contributed by atoms with Crippen LogP contribution in [0.4, 0.5) is 5.69 Å². The second kappa shape index (κ2) is 5.81. The number of hydrogen-bond acceptors (Lipinski definition) is 4. The summed E-state index contributed by atoms with van der Waals surface area (Å²) >= 11 is 0. The van der Waals surface area contributed by atoms with E-state index in [9.17, 15) is 0 Å². The molecule has 0 saturated heterocycles. The molecule has 108 valence electrons. The van der Waals surface area contributed by atoms with E-state index in [0.717, 1.165) is 54.7 Å². The number of benzene rings is 1. The summed E-state index contributed by atoms with van der Waals surface area (Å²) in [5, 5.41) is 0. The molecule has 1 aromatic heterocycles. The van der Waals surface area contributed by atoms with Crippen LogP contribution in [-0.2, 0) is 11.2 Å². The van der Waals surface area contributed by atoms with Crippen molar-refractivity contribution in [1.82, 2.24) is 14.9 Å². The van der Waals surface area contributed by atoms with E-state index in [2.05, 4.69) is 14.9 Å². The van der Waals surface area contributed by atoms with Gasteiger partial charge in [0.05, 0.1) is 17.6 Å². The summed E-state index contributed by atoms with van der Waals surface area (Å²) in [5.41, 5.74) is 8.57. The molecule has 1 saturated carbocycles. The van der Waals surface area contributed by atoms with Crippen molar-refractivity contribution in [2.75, 3.05) is 32.5 Å². The molecule has 0 spiro atoms. The molecule has 0 unspecified atom stereocenters. The molecular weight excluding hydrogens is 252 g/mol. The molecule has 1 fully saturated rings. The van der Waals surface area contributed by atoms with E-state index >= 15 is 0 Å². The monoisotopic (exact) mass is 274 g/mol. The lowest BCUT2D eigenvalue weighted by molar-refractivity contribution is 0.144. The molecule has 2 aromatic rings. The highest BCUT2D eigenvalue weighted by molar-refractivity contribution is 5.78. The molecule has 0 amide bonds. The minimum atomic E-state index is 0.755. The molecule has 5 nitrogen and oxygen atoms in total. The molecule has 1 heterocycles. The van der Waals surface area contributed by atoms with Gasteiger partial charge in [-0.1, -0.05) is 0 Å². The number of aromatic amines is 1. The summed E-state index contributed by atoms with van der Waals surface area (Å²) < 4.78 is 5.18. The minimum absolute atomic E-state index is 0.755. The van der Waals surface area contributed by atoms with Gasteiger partial charge in [-0.15, -0.1) is 0 Å².